The number of hydrogen-bond donors (Lipinski definition) is 2. The highest BCUT2D eigenvalue weighted by molar-refractivity contribution is 5.90. The maximum absolute atomic E-state index is 12.2. The lowest BCUT2D eigenvalue weighted by molar-refractivity contribution is 0.251. The van der Waals surface area contributed by atoms with Gasteiger partial charge in [-0.2, -0.15) is 0 Å². The fraction of sp³-hybridized carbons (Fsp3) is 0.273. The predicted octanol–water partition coefficient (Wildman–Crippen LogP) is 4.93. The molecule has 0 bridgehead atoms. The highest BCUT2D eigenvalue weighted by atomic mass is 16.5. The predicted molar refractivity (Wildman–Crippen MR) is 110 cm³/mol. The third-order valence-corrected chi connectivity index (χ3v) is 4.37. The number of carbonyl (C=O) groups is 1. The lowest BCUT2D eigenvalue weighted by atomic mass is 10.1. The Morgan fingerprint density at radius 1 is 1.11 bits per heavy atom. The topological polar surface area (TPSA) is 76.4 Å². The summed E-state index contributed by atoms with van der Waals surface area (Å²) in [7, 11) is 0. The Hall–Kier alpha value is -3.28. The van der Waals surface area contributed by atoms with Crippen molar-refractivity contribution in [1.82, 2.24) is 10.3 Å². The fourth-order valence-electron chi connectivity index (χ4n) is 2.86. The Morgan fingerprint density at radius 3 is 2.57 bits per heavy atom. The Kier molecular flexibility index (Phi) is 6.32. The zero-order chi connectivity index (χ0) is 19.9. The molecule has 1 heterocycles. The molecule has 6 nitrogen and oxygen atoms in total. The molecule has 3 rings (SSSR count). The van der Waals surface area contributed by atoms with Crippen LogP contribution in [-0.4, -0.2) is 17.6 Å². The number of amides is 2. The molecule has 0 aliphatic rings. The number of nitrogens with one attached hydrogen (secondary N) is 2. The number of para-hydroxylation sites is 1. The summed E-state index contributed by atoms with van der Waals surface area (Å²) < 4.78 is 11.2. The average molecular weight is 379 g/mol. The Bertz CT molecular complexity index is 932. The van der Waals surface area contributed by atoms with Crippen LogP contribution in [0.2, 0.25) is 0 Å². The lowest BCUT2D eigenvalue weighted by Gasteiger charge is -2.10. The summed E-state index contributed by atoms with van der Waals surface area (Å²) in [5.74, 6) is 2.01. The van der Waals surface area contributed by atoms with Crippen molar-refractivity contribution in [3.8, 4) is 17.2 Å². The summed E-state index contributed by atoms with van der Waals surface area (Å²) in [6.07, 6.45) is 0.851. The minimum Gasteiger partial charge on any atom is -0.494 e. The van der Waals surface area contributed by atoms with Gasteiger partial charge >= 0.3 is 6.03 Å². The third-order valence-electron chi connectivity index (χ3n) is 4.37. The molecule has 3 aromatic rings. The van der Waals surface area contributed by atoms with Crippen LogP contribution in [-0.2, 0) is 13.0 Å². The zero-order valence-electron chi connectivity index (χ0n) is 16.4. The third kappa shape index (κ3) is 4.71. The van der Waals surface area contributed by atoms with Crippen LogP contribution < -0.4 is 15.4 Å². The summed E-state index contributed by atoms with van der Waals surface area (Å²) in [5, 5.41) is 5.72. The molecule has 0 radical (unpaired) electrons. The SMILES string of the molecule is CCOc1ccc(-c2nc(CNC(=O)Nc3ccccc3CC)c(C)o2)cc1. The number of ether oxygens (including phenoxy) is 1. The Balaban J connectivity index is 1.63. The van der Waals surface area contributed by atoms with Crippen molar-refractivity contribution in [2.75, 3.05) is 11.9 Å². The van der Waals surface area contributed by atoms with Gasteiger partial charge in [0, 0.05) is 11.3 Å². The molecule has 2 aromatic carbocycles. The number of rotatable bonds is 7. The monoisotopic (exact) mass is 379 g/mol. The number of hydrogen-bond acceptors (Lipinski definition) is 4. The van der Waals surface area contributed by atoms with E-state index >= 15 is 0 Å². The summed E-state index contributed by atoms with van der Waals surface area (Å²) in [4.78, 5) is 16.8. The fourth-order valence-corrected chi connectivity index (χ4v) is 2.86. The highest BCUT2D eigenvalue weighted by Crippen LogP contribution is 2.24. The van der Waals surface area contributed by atoms with E-state index in [9.17, 15) is 4.79 Å². The van der Waals surface area contributed by atoms with Gasteiger partial charge < -0.3 is 19.8 Å². The largest absolute Gasteiger partial charge is 0.494 e. The van der Waals surface area contributed by atoms with Gasteiger partial charge in [-0.05, 0) is 56.2 Å². The normalized spacial score (nSPS) is 10.5. The van der Waals surface area contributed by atoms with Gasteiger partial charge in [0.25, 0.3) is 0 Å². The van der Waals surface area contributed by atoms with Crippen molar-refractivity contribution in [1.29, 1.82) is 0 Å². The average Bonchev–Trinajstić information content (AvgIpc) is 3.08. The van der Waals surface area contributed by atoms with Crippen LogP contribution in [0.5, 0.6) is 5.75 Å². The molecule has 0 aliphatic carbocycles. The van der Waals surface area contributed by atoms with Gasteiger partial charge in [-0.25, -0.2) is 9.78 Å². The smallest absolute Gasteiger partial charge is 0.319 e. The van der Waals surface area contributed by atoms with E-state index in [1.54, 1.807) is 0 Å². The standard InChI is InChI=1S/C22H25N3O3/c1-4-16-8-6-7-9-19(16)25-22(26)23-14-20-15(3)28-21(24-20)17-10-12-18(13-11-17)27-5-2/h6-13H,4-5,14H2,1-3H3,(H2,23,25,26). The second-order valence-corrected chi connectivity index (χ2v) is 6.30. The Labute approximate surface area is 164 Å². The molecule has 2 N–H and O–H groups in total. The van der Waals surface area contributed by atoms with E-state index in [-0.39, 0.29) is 12.6 Å². The second kappa shape index (κ2) is 9.08. The van der Waals surface area contributed by atoms with Crippen LogP contribution >= 0.6 is 0 Å². The molecular weight excluding hydrogens is 354 g/mol. The van der Waals surface area contributed by atoms with Gasteiger partial charge in [-0.15, -0.1) is 0 Å². The minimum atomic E-state index is -0.272. The molecule has 0 saturated carbocycles. The molecule has 6 heteroatoms. The summed E-state index contributed by atoms with van der Waals surface area (Å²) in [6, 6.07) is 15.1. The number of aromatic nitrogens is 1. The summed E-state index contributed by atoms with van der Waals surface area (Å²) >= 11 is 0. The van der Waals surface area contributed by atoms with E-state index in [0.717, 1.165) is 29.0 Å². The van der Waals surface area contributed by atoms with Gasteiger partial charge in [-0.1, -0.05) is 25.1 Å². The van der Waals surface area contributed by atoms with E-state index in [2.05, 4.69) is 22.5 Å². The van der Waals surface area contributed by atoms with Gasteiger partial charge in [0.2, 0.25) is 5.89 Å². The maximum Gasteiger partial charge on any atom is 0.319 e. The summed E-state index contributed by atoms with van der Waals surface area (Å²) in [6.45, 7) is 6.75. The van der Waals surface area contributed by atoms with Crippen molar-refractivity contribution >= 4 is 11.7 Å². The molecule has 2 amide bonds. The minimum absolute atomic E-state index is 0.272. The van der Waals surface area contributed by atoms with E-state index in [4.69, 9.17) is 9.15 Å². The quantitative estimate of drug-likeness (QED) is 0.610. The number of urea groups is 1. The molecule has 0 unspecified atom stereocenters. The van der Waals surface area contributed by atoms with Crippen LogP contribution in [0.4, 0.5) is 10.5 Å². The molecular formula is C22H25N3O3. The number of anilines is 1. The number of carbonyl (C=O) groups excluding carboxylic acids is 1. The van der Waals surface area contributed by atoms with Crippen LogP contribution in [0, 0.1) is 6.92 Å². The van der Waals surface area contributed by atoms with Crippen molar-refractivity contribution < 1.29 is 13.9 Å². The number of benzene rings is 2. The first-order valence-electron chi connectivity index (χ1n) is 9.43. The molecule has 1 aromatic heterocycles. The first kappa shape index (κ1) is 19.5. The van der Waals surface area contributed by atoms with Crippen LogP contribution in [0.3, 0.4) is 0 Å². The van der Waals surface area contributed by atoms with Crippen LogP contribution in [0.1, 0.15) is 30.9 Å². The van der Waals surface area contributed by atoms with Gasteiger partial charge in [0.1, 0.15) is 17.2 Å². The number of aryl methyl sites for hydroxylation is 2. The molecule has 0 fully saturated rings. The zero-order valence-corrected chi connectivity index (χ0v) is 16.4. The van der Waals surface area contributed by atoms with E-state index in [0.29, 0.717) is 24.0 Å². The second-order valence-electron chi connectivity index (χ2n) is 6.30. The van der Waals surface area contributed by atoms with E-state index in [1.165, 1.54) is 0 Å². The number of oxazole rings is 1. The molecule has 0 atom stereocenters. The highest BCUT2D eigenvalue weighted by Gasteiger charge is 2.13. The maximum atomic E-state index is 12.2. The van der Waals surface area contributed by atoms with Gasteiger partial charge in [0.15, 0.2) is 0 Å². The molecule has 0 saturated heterocycles. The molecule has 0 aliphatic heterocycles. The Morgan fingerprint density at radius 2 is 1.86 bits per heavy atom. The first-order chi connectivity index (χ1) is 13.6. The van der Waals surface area contributed by atoms with Crippen molar-refractivity contribution in [2.45, 2.75) is 33.7 Å². The number of nitrogens with zero attached hydrogens (tertiary/aromatic N) is 1. The molecule has 0 spiro atoms. The van der Waals surface area contributed by atoms with Crippen molar-refractivity contribution in [3.05, 3.63) is 65.5 Å². The van der Waals surface area contributed by atoms with E-state index < -0.39 is 0 Å². The van der Waals surface area contributed by atoms with Crippen LogP contribution in [0.25, 0.3) is 11.5 Å². The molecule has 28 heavy (non-hydrogen) atoms. The molecule has 146 valence electrons. The lowest BCUT2D eigenvalue weighted by Crippen LogP contribution is -2.29. The van der Waals surface area contributed by atoms with Gasteiger partial charge in [-0.3, -0.25) is 0 Å². The first-order valence-corrected chi connectivity index (χ1v) is 9.43. The summed E-state index contributed by atoms with van der Waals surface area (Å²) in [5.41, 5.74) is 3.46. The van der Waals surface area contributed by atoms with Crippen molar-refractivity contribution in [2.24, 2.45) is 0 Å². The van der Waals surface area contributed by atoms with E-state index in [1.807, 2.05) is 62.4 Å². The van der Waals surface area contributed by atoms with Gasteiger partial charge in [0.05, 0.1) is 13.2 Å². The van der Waals surface area contributed by atoms with Crippen LogP contribution in [0.15, 0.2) is 52.9 Å². The van der Waals surface area contributed by atoms with Crippen molar-refractivity contribution in [3.63, 3.8) is 0 Å².